The second-order valence-electron chi connectivity index (χ2n) is 4.76. The molecule has 0 heterocycles. The number of carbonyl (C=O) groups is 1. The Balaban J connectivity index is 2.51. The Hall–Kier alpha value is -1.06. The molecule has 18 heavy (non-hydrogen) atoms. The van der Waals surface area contributed by atoms with Gasteiger partial charge in [-0.2, -0.15) is 0 Å². The van der Waals surface area contributed by atoms with Gasteiger partial charge >= 0.3 is 0 Å². The Labute approximate surface area is 114 Å². The number of amides is 1. The lowest BCUT2D eigenvalue weighted by Crippen LogP contribution is -2.40. The number of halogens is 1. The second-order valence-corrected chi connectivity index (χ2v) is 5.19. The first-order valence-corrected chi connectivity index (χ1v) is 6.54. The second kappa shape index (κ2) is 6.76. The third kappa shape index (κ3) is 4.31. The molecule has 100 valence electrons. The zero-order valence-electron chi connectivity index (χ0n) is 11.4. The highest BCUT2D eigenvalue weighted by atomic mass is 35.5. The number of nitrogens with zero attached hydrogens (tertiary/aromatic N) is 1. The van der Waals surface area contributed by atoms with E-state index in [1.807, 2.05) is 52.1 Å². The summed E-state index contributed by atoms with van der Waals surface area (Å²) in [6, 6.07) is 8.00. The van der Waals surface area contributed by atoms with Gasteiger partial charge in [0, 0.05) is 24.2 Å². The molecular formula is C14H21ClN2O. The summed E-state index contributed by atoms with van der Waals surface area (Å²) >= 11 is 5.94. The molecule has 0 aliphatic rings. The smallest absolute Gasteiger partial charge is 0.236 e. The minimum absolute atomic E-state index is 0.0962. The number of rotatable bonds is 5. The minimum Gasteiger partial charge on any atom is -0.342 e. The maximum atomic E-state index is 11.8. The normalized spacial score (nSPS) is 12.6. The van der Waals surface area contributed by atoms with E-state index in [2.05, 4.69) is 5.32 Å². The van der Waals surface area contributed by atoms with Crippen molar-refractivity contribution in [1.82, 2.24) is 10.2 Å². The van der Waals surface area contributed by atoms with Crippen molar-refractivity contribution < 1.29 is 4.79 Å². The van der Waals surface area contributed by atoms with Gasteiger partial charge in [0.05, 0.1) is 6.54 Å². The molecular weight excluding hydrogens is 248 g/mol. The van der Waals surface area contributed by atoms with Crippen molar-refractivity contribution >= 4 is 17.5 Å². The van der Waals surface area contributed by atoms with Crippen LogP contribution in [0.1, 0.15) is 32.4 Å². The van der Waals surface area contributed by atoms with Crippen LogP contribution in [0.2, 0.25) is 5.02 Å². The zero-order valence-corrected chi connectivity index (χ0v) is 12.2. The topological polar surface area (TPSA) is 32.3 Å². The van der Waals surface area contributed by atoms with E-state index in [9.17, 15) is 4.79 Å². The average molecular weight is 269 g/mol. The highest BCUT2D eigenvalue weighted by Gasteiger charge is 2.13. The van der Waals surface area contributed by atoms with Gasteiger partial charge < -0.3 is 10.2 Å². The number of carbonyl (C=O) groups excluding carboxylic acids is 1. The van der Waals surface area contributed by atoms with Crippen molar-refractivity contribution in [2.45, 2.75) is 32.9 Å². The van der Waals surface area contributed by atoms with E-state index in [-0.39, 0.29) is 18.0 Å². The quantitative estimate of drug-likeness (QED) is 0.891. The van der Waals surface area contributed by atoms with Crippen molar-refractivity contribution in [3.63, 3.8) is 0 Å². The number of likely N-dealkylation sites (N-methyl/N-ethyl adjacent to an activating group) is 1. The number of nitrogens with one attached hydrogen (secondary N) is 1. The van der Waals surface area contributed by atoms with Gasteiger partial charge in [-0.25, -0.2) is 0 Å². The molecule has 0 aliphatic carbocycles. The van der Waals surface area contributed by atoms with Gasteiger partial charge in [-0.05, 0) is 38.5 Å². The van der Waals surface area contributed by atoms with Crippen molar-refractivity contribution in [2.75, 3.05) is 13.6 Å². The third-order valence-electron chi connectivity index (χ3n) is 3.08. The van der Waals surface area contributed by atoms with E-state index in [0.717, 1.165) is 5.56 Å². The highest BCUT2D eigenvalue weighted by molar-refractivity contribution is 6.30. The largest absolute Gasteiger partial charge is 0.342 e. The number of hydrogen-bond acceptors (Lipinski definition) is 2. The lowest BCUT2D eigenvalue weighted by Gasteiger charge is -2.23. The predicted molar refractivity (Wildman–Crippen MR) is 75.8 cm³/mol. The van der Waals surface area contributed by atoms with Crippen LogP contribution in [-0.2, 0) is 4.79 Å². The van der Waals surface area contributed by atoms with Crippen LogP contribution in [0.4, 0.5) is 0 Å². The van der Waals surface area contributed by atoms with E-state index in [1.54, 1.807) is 4.90 Å². The molecule has 0 aromatic heterocycles. The van der Waals surface area contributed by atoms with Crippen LogP contribution in [-0.4, -0.2) is 30.4 Å². The molecule has 1 aromatic carbocycles. The van der Waals surface area contributed by atoms with Crippen LogP contribution in [0.5, 0.6) is 0 Å². The van der Waals surface area contributed by atoms with E-state index in [1.165, 1.54) is 0 Å². The minimum atomic E-state index is 0.0962. The number of benzene rings is 1. The Morgan fingerprint density at radius 1 is 1.39 bits per heavy atom. The van der Waals surface area contributed by atoms with Crippen molar-refractivity contribution in [1.29, 1.82) is 0 Å². The molecule has 0 unspecified atom stereocenters. The summed E-state index contributed by atoms with van der Waals surface area (Å²) in [6.45, 7) is 6.35. The lowest BCUT2D eigenvalue weighted by molar-refractivity contribution is -0.130. The standard InChI is InChI=1S/C14H21ClN2O/c1-10(2)17(4)14(18)9-16-11(3)12-6-5-7-13(15)8-12/h5-8,10-11,16H,9H2,1-4H3/t11-/m0/s1. The van der Waals surface area contributed by atoms with E-state index >= 15 is 0 Å². The molecule has 1 aromatic rings. The van der Waals surface area contributed by atoms with Crippen LogP contribution in [0.15, 0.2) is 24.3 Å². The zero-order chi connectivity index (χ0) is 13.7. The number of hydrogen-bond donors (Lipinski definition) is 1. The first-order chi connectivity index (χ1) is 8.41. The fourth-order valence-corrected chi connectivity index (χ4v) is 1.75. The molecule has 0 saturated heterocycles. The molecule has 3 nitrogen and oxygen atoms in total. The molecule has 1 amide bonds. The molecule has 0 saturated carbocycles. The van der Waals surface area contributed by atoms with Crippen LogP contribution < -0.4 is 5.32 Å². The van der Waals surface area contributed by atoms with Gasteiger partial charge in [-0.3, -0.25) is 4.79 Å². The molecule has 4 heteroatoms. The summed E-state index contributed by atoms with van der Waals surface area (Å²) < 4.78 is 0. The van der Waals surface area contributed by atoms with Gasteiger partial charge in [0.25, 0.3) is 0 Å². The molecule has 0 bridgehead atoms. The molecule has 0 spiro atoms. The van der Waals surface area contributed by atoms with Gasteiger partial charge in [-0.15, -0.1) is 0 Å². The van der Waals surface area contributed by atoms with Crippen molar-refractivity contribution in [3.05, 3.63) is 34.9 Å². The Morgan fingerprint density at radius 2 is 2.06 bits per heavy atom. The Bertz CT molecular complexity index is 407. The van der Waals surface area contributed by atoms with Crippen LogP contribution in [0.25, 0.3) is 0 Å². The Kier molecular flexibility index (Phi) is 5.63. The summed E-state index contributed by atoms with van der Waals surface area (Å²) in [5.74, 6) is 0.0962. The summed E-state index contributed by atoms with van der Waals surface area (Å²) in [5.41, 5.74) is 1.09. The lowest BCUT2D eigenvalue weighted by atomic mass is 10.1. The first-order valence-electron chi connectivity index (χ1n) is 6.16. The molecule has 0 aliphatic heterocycles. The molecule has 1 rings (SSSR count). The maximum Gasteiger partial charge on any atom is 0.236 e. The van der Waals surface area contributed by atoms with E-state index in [4.69, 9.17) is 11.6 Å². The molecule has 1 N–H and O–H groups in total. The Morgan fingerprint density at radius 3 is 2.61 bits per heavy atom. The first kappa shape index (κ1) is 15.0. The molecule has 0 fully saturated rings. The van der Waals surface area contributed by atoms with Crippen molar-refractivity contribution in [3.8, 4) is 0 Å². The fourth-order valence-electron chi connectivity index (χ4n) is 1.55. The fraction of sp³-hybridized carbons (Fsp3) is 0.500. The van der Waals surface area contributed by atoms with Gasteiger partial charge in [0.15, 0.2) is 0 Å². The summed E-state index contributed by atoms with van der Waals surface area (Å²) in [5, 5.41) is 3.93. The van der Waals surface area contributed by atoms with E-state index in [0.29, 0.717) is 11.6 Å². The highest BCUT2D eigenvalue weighted by Crippen LogP contribution is 2.17. The molecule has 0 radical (unpaired) electrons. The SMILES string of the molecule is CC(C)N(C)C(=O)CN[C@@H](C)c1cccc(Cl)c1. The van der Waals surface area contributed by atoms with Crippen LogP contribution in [0, 0.1) is 0 Å². The van der Waals surface area contributed by atoms with E-state index < -0.39 is 0 Å². The monoisotopic (exact) mass is 268 g/mol. The molecule has 1 atom stereocenters. The van der Waals surface area contributed by atoms with Gasteiger partial charge in [0.1, 0.15) is 0 Å². The van der Waals surface area contributed by atoms with Crippen molar-refractivity contribution in [2.24, 2.45) is 0 Å². The van der Waals surface area contributed by atoms with Crippen LogP contribution >= 0.6 is 11.6 Å². The maximum absolute atomic E-state index is 11.8. The summed E-state index contributed by atoms with van der Waals surface area (Å²) in [7, 11) is 1.82. The van der Waals surface area contributed by atoms with Gasteiger partial charge in [0.2, 0.25) is 5.91 Å². The summed E-state index contributed by atoms with van der Waals surface area (Å²) in [6.07, 6.45) is 0. The average Bonchev–Trinajstić information content (AvgIpc) is 2.34. The predicted octanol–water partition coefficient (Wildman–Crippen LogP) is 2.86. The van der Waals surface area contributed by atoms with Crippen LogP contribution in [0.3, 0.4) is 0 Å². The summed E-state index contributed by atoms with van der Waals surface area (Å²) in [4.78, 5) is 13.6. The van der Waals surface area contributed by atoms with Gasteiger partial charge in [-0.1, -0.05) is 23.7 Å². The third-order valence-corrected chi connectivity index (χ3v) is 3.31.